The summed E-state index contributed by atoms with van der Waals surface area (Å²) in [4.78, 5) is 4.25. The quantitative estimate of drug-likeness (QED) is 0.760. The number of benzene rings is 2. The molecule has 2 aromatic carbocycles. The highest BCUT2D eigenvalue weighted by molar-refractivity contribution is 5.95. The molecule has 0 aliphatic heterocycles. The van der Waals surface area contributed by atoms with Gasteiger partial charge in [0.15, 0.2) is 0 Å². The van der Waals surface area contributed by atoms with Gasteiger partial charge in [-0.05, 0) is 30.3 Å². The predicted molar refractivity (Wildman–Crippen MR) is 76.1 cm³/mol. The third-order valence-corrected chi connectivity index (χ3v) is 3.01. The molecule has 0 aliphatic rings. The second-order valence-electron chi connectivity index (χ2n) is 4.31. The number of nitrogens with zero attached hydrogens (tertiary/aromatic N) is 2. The average molecular weight is 263 g/mol. The number of nitriles is 1. The average Bonchev–Trinajstić information content (AvgIpc) is 2.50. The van der Waals surface area contributed by atoms with E-state index in [0.717, 1.165) is 16.6 Å². The molecule has 0 aliphatic carbocycles. The number of halogens is 1. The summed E-state index contributed by atoms with van der Waals surface area (Å²) >= 11 is 0. The van der Waals surface area contributed by atoms with Gasteiger partial charge >= 0.3 is 0 Å². The molecule has 3 nitrogen and oxygen atoms in total. The van der Waals surface area contributed by atoms with Crippen molar-refractivity contribution in [1.29, 1.82) is 5.26 Å². The Morgan fingerprint density at radius 1 is 1.05 bits per heavy atom. The van der Waals surface area contributed by atoms with E-state index in [0.29, 0.717) is 11.3 Å². The van der Waals surface area contributed by atoms with Crippen LogP contribution in [0.15, 0.2) is 54.7 Å². The van der Waals surface area contributed by atoms with Crippen molar-refractivity contribution in [2.45, 2.75) is 0 Å². The van der Waals surface area contributed by atoms with Crippen molar-refractivity contribution in [3.05, 3.63) is 66.1 Å². The molecule has 0 radical (unpaired) electrons. The van der Waals surface area contributed by atoms with Gasteiger partial charge in [0.2, 0.25) is 0 Å². The lowest BCUT2D eigenvalue weighted by Crippen LogP contribution is -1.96. The van der Waals surface area contributed by atoms with Gasteiger partial charge in [0.05, 0.1) is 16.8 Å². The number of pyridine rings is 1. The van der Waals surface area contributed by atoms with Crippen LogP contribution in [0.5, 0.6) is 0 Å². The van der Waals surface area contributed by atoms with Gasteiger partial charge < -0.3 is 5.32 Å². The Labute approximate surface area is 115 Å². The molecule has 3 rings (SSSR count). The smallest absolute Gasteiger partial charge is 0.123 e. The maximum Gasteiger partial charge on any atom is 0.123 e. The van der Waals surface area contributed by atoms with Crippen molar-refractivity contribution in [3.63, 3.8) is 0 Å². The minimum absolute atomic E-state index is 0.296. The van der Waals surface area contributed by atoms with Gasteiger partial charge in [0.1, 0.15) is 11.9 Å². The van der Waals surface area contributed by atoms with Gasteiger partial charge in [-0.25, -0.2) is 4.39 Å². The Bertz CT molecular complexity index is 804. The molecule has 0 atom stereocenters. The molecule has 0 saturated carbocycles. The van der Waals surface area contributed by atoms with Crippen molar-refractivity contribution in [3.8, 4) is 6.07 Å². The van der Waals surface area contributed by atoms with Crippen molar-refractivity contribution in [1.82, 2.24) is 4.98 Å². The number of hydrogen-bond donors (Lipinski definition) is 1. The van der Waals surface area contributed by atoms with Crippen LogP contribution in [0.1, 0.15) is 5.56 Å². The summed E-state index contributed by atoms with van der Waals surface area (Å²) in [5, 5.41) is 13.2. The molecule has 1 aromatic heterocycles. The monoisotopic (exact) mass is 263 g/mol. The Morgan fingerprint density at radius 3 is 2.55 bits per heavy atom. The first-order valence-electron chi connectivity index (χ1n) is 6.08. The highest BCUT2D eigenvalue weighted by atomic mass is 19.1. The van der Waals surface area contributed by atoms with Crippen LogP contribution in [-0.4, -0.2) is 4.98 Å². The maximum atomic E-state index is 12.9. The van der Waals surface area contributed by atoms with Gasteiger partial charge in [-0.1, -0.05) is 18.2 Å². The first-order valence-corrected chi connectivity index (χ1v) is 6.08. The summed E-state index contributed by atoms with van der Waals surface area (Å²) in [6.07, 6.45) is 1.54. The summed E-state index contributed by atoms with van der Waals surface area (Å²) < 4.78 is 12.9. The molecule has 0 unspecified atom stereocenters. The second kappa shape index (κ2) is 4.98. The summed E-state index contributed by atoms with van der Waals surface area (Å²) in [5.74, 6) is -0.296. The molecule has 20 heavy (non-hydrogen) atoms. The Morgan fingerprint density at radius 2 is 1.80 bits per heavy atom. The van der Waals surface area contributed by atoms with Crippen LogP contribution in [0.3, 0.4) is 0 Å². The third kappa shape index (κ3) is 2.17. The number of fused-ring (bicyclic) bond motifs is 1. The van der Waals surface area contributed by atoms with Gasteiger partial charge in [-0.2, -0.15) is 5.26 Å². The SMILES string of the molecule is N#Cc1cnc2ccccc2c1Nc1ccc(F)cc1. The normalized spacial score (nSPS) is 10.2. The van der Waals surface area contributed by atoms with Crippen LogP contribution in [0.25, 0.3) is 10.9 Å². The lowest BCUT2D eigenvalue weighted by atomic mass is 10.1. The summed E-state index contributed by atoms with van der Waals surface area (Å²) in [6.45, 7) is 0. The Hall–Kier alpha value is -2.93. The van der Waals surface area contributed by atoms with E-state index < -0.39 is 0 Å². The van der Waals surface area contributed by atoms with Gasteiger partial charge in [-0.15, -0.1) is 0 Å². The molecule has 0 bridgehead atoms. The summed E-state index contributed by atoms with van der Waals surface area (Å²) in [6, 6.07) is 15.7. The minimum Gasteiger partial charge on any atom is -0.354 e. The standard InChI is InChI=1S/C16H10FN3/c17-12-5-7-13(8-6-12)20-16-11(9-18)10-19-15-4-2-1-3-14(15)16/h1-8,10H,(H,19,20). The van der Waals surface area contributed by atoms with Crippen molar-refractivity contribution in [2.75, 3.05) is 5.32 Å². The molecule has 0 fully saturated rings. The summed E-state index contributed by atoms with van der Waals surface area (Å²) in [7, 11) is 0. The number of aromatic nitrogens is 1. The lowest BCUT2D eigenvalue weighted by molar-refractivity contribution is 0.628. The lowest BCUT2D eigenvalue weighted by Gasteiger charge is -2.11. The Kier molecular flexibility index (Phi) is 3.02. The molecule has 0 spiro atoms. The topological polar surface area (TPSA) is 48.7 Å². The van der Waals surface area contributed by atoms with Crippen LogP contribution in [0.2, 0.25) is 0 Å². The van der Waals surface area contributed by atoms with E-state index >= 15 is 0 Å². The van der Waals surface area contributed by atoms with E-state index in [1.54, 1.807) is 12.1 Å². The predicted octanol–water partition coefficient (Wildman–Crippen LogP) is 3.99. The third-order valence-electron chi connectivity index (χ3n) is 3.01. The fourth-order valence-corrected chi connectivity index (χ4v) is 2.04. The highest BCUT2D eigenvalue weighted by Gasteiger charge is 2.08. The molecular formula is C16H10FN3. The van der Waals surface area contributed by atoms with Crippen LogP contribution in [0.4, 0.5) is 15.8 Å². The fraction of sp³-hybridized carbons (Fsp3) is 0. The molecule has 4 heteroatoms. The first-order chi connectivity index (χ1) is 9.78. The maximum absolute atomic E-state index is 12.9. The first kappa shape index (κ1) is 12.1. The molecule has 1 N–H and O–H groups in total. The zero-order valence-corrected chi connectivity index (χ0v) is 10.5. The zero-order chi connectivity index (χ0) is 13.9. The van der Waals surface area contributed by atoms with Crippen LogP contribution in [-0.2, 0) is 0 Å². The Balaban J connectivity index is 2.14. The van der Waals surface area contributed by atoms with Gasteiger partial charge in [0.25, 0.3) is 0 Å². The van der Waals surface area contributed by atoms with Crippen molar-refractivity contribution < 1.29 is 4.39 Å². The van der Waals surface area contributed by atoms with E-state index in [2.05, 4.69) is 16.4 Å². The molecule has 0 amide bonds. The number of para-hydroxylation sites is 1. The number of nitrogens with one attached hydrogen (secondary N) is 1. The molecule has 1 heterocycles. The zero-order valence-electron chi connectivity index (χ0n) is 10.5. The number of anilines is 2. The van der Waals surface area contributed by atoms with Gasteiger partial charge in [-0.3, -0.25) is 4.98 Å². The second-order valence-corrected chi connectivity index (χ2v) is 4.31. The van der Waals surface area contributed by atoms with E-state index in [1.165, 1.54) is 18.3 Å². The number of hydrogen-bond acceptors (Lipinski definition) is 3. The number of rotatable bonds is 2. The van der Waals surface area contributed by atoms with Crippen molar-refractivity contribution >= 4 is 22.3 Å². The molecule has 96 valence electrons. The van der Waals surface area contributed by atoms with E-state index in [4.69, 9.17) is 0 Å². The largest absolute Gasteiger partial charge is 0.354 e. The van der Waals surface area contributed by atoms with Crippen LogP contribution < -0.4 is 5.32 Å². The fourth-order valence-electron chi connectivity index (χ4n) is 2.04. The van der Waals surface area contributed by atoms with E-state index in [9.17, 15) is 9.65 Å². The minimum atomic E-state index is -0.296. The molecular weight excluding hydrogens is 253 g/mol. The molecule has 0 saturated heterocycles. The van der Waals surface area contributed by atoms with E-state index in [-0.39, 0.29) is 5.82 Å². The van der Waals surface area contributed by atoms with Gasteiger partial charge in [0, 0.05) is 17.3 Å². The van der Waals surface area contributed by atoms with Crippen LogP contribution in [0, 0.1) is 17.1 Å². The van der Waals surface area contributed by atoms with Crippen LogP contribution >= 0.6 is 0 Å². The summed E-state index contributed by atoms with van der Waals surface area (Å²) in [5.41, 5.74) is 2.66. The van der Waals surface area contributed by atoms with E-state index in [1.807, 2.05) is 24.3 Å². The van der Waals surface area contributed by atoms with Crippen molar-refractivity contribution in [2.24, 2.45) is 0 Å². The highest BCUT2D eigenvalue weighted by Crippen LogP contribution is 2.28. The molecule has 3 aromatic rings.